The summed E-state index contributed by atoms with van der Waals surface area (Å²) >= 11 is 0. The highest BCUT2D eigenvalue weighted by atomic mass is 32.2. The quantitative estimate of drug-likeness (QED) is 0.841. The van der Waals surface area contributed by atoms with Crippen LogP contribution in [0.3, 0.4) is 0 Å². The Morgan fingerprint density at radius 1 is 1.04 bits per heavy atom. The van der Waals surface area contributed by atoms with Gasteiger partial charge < -0.3 is 4.90 Å². The summed E-state index contributed by atoms with van der Waals surface area (Å²) in [5.74, 6) is 0.797. The number of likely N-dealkylation sites (tertiary alicyclic amines) is 1. The van der Waals surface area contributed by atoms with Crippen molar-refractivity contribution in [3.8, 4) is 0 Å². The topological polar surface area (TPSA) is 57.7 Å². The monoisotopic (exact) mass is 350 g/mol. The van der Waals surface area contributed by atoms with Crippen molar-refractivity contribution in [2.24, 2.45) is 11.8 Å². The number of amides is 1. The van der Waals surface area contributed by atoms with E-state index in [9.17, 15) is 13.2 Å². The summed E-state index contributed by atoms with van der Waals surface area (Å²) in [6, 6.07) is 8.84. The molecule has 0 saturated carbocycles. The van der Waals surface area contributed by atoms with Crippen LogP contribution in [0.15, 0.2) is 35.2 Å². The smallest absolute Gasteiger partial charge is 0.243 e. The van der Waals surface area contributed by atoms with Gasteiger partial charge in [-0.05, 0) is 50.7 Å². The number of rotatable bonds is 3. The Hall–Kier alpha value is -1.40. The largest absolute Gasteiger partial charge is 0.340 e. The van der Waals surface area contributed by atoms with Crippen LogP contribution < -0.4 is 0 Å². The maximum atomic E-state index is 12.8. The summed E-state index contributed by atoms with van der Waals surface area (Å²) in [7, 11) is -3.43. The van der Waals surface area contributed by atoms with Gasteiger partial charge in [0, 0.05) is 32.1 Å². The number of piperidine rings is 1. The number of carbonyl (C=O) groups excluding carboxylic acids is 1. The number of benzene rings is 1. The van der Waals surface area contributed by atoms with E-state index in [-0.39, 0.29) is 17.9 Å². The summed E-state index contributed by atoms with van der Waals surface area (Å²) in [6.45, 7) is 5.85. The maximum Gasteiger partial charge on any atom is 0.243 e. The van der Waals surface area contributed by atoms with Crippen LogP contribution in [0, 0.1) is 11.8 Å². The lowest BCUT2D eigenvalue weighted by Gasteiger charge is -2.36. The molecule has 1 amide bonds. The van der Waals surface area contributed by atoms with E-state index in [1.54, 1.807) is 28.6 Å². The van der Waals surface area contributed by atoms with Crippen molar-refractivity contribution in [2.45, 2.75) is 44.0 Å². The van der Waals surface area contributed by atoms with E-state index in [2.05, 4.69) is 0 Å². The third-order valence-corrected chi connectivity index (χ3v) is 7.24. The molecule has 24 heavy (non-hydrogen) atoms. The Balaban J connectivity index is 1.76. The van der Waals surface area contributed by atoms with Gasteiger partial charge in [0.1, 0.15) is 0 Å². The molecule has 0 aliphatic carbocycles. The van der Waals surface area contributed by atoms with E-state index in [1.165, 1.54) is 0 Å². The standard InChI is InChI=1S/C18H26N2O3S/c1-14(2)20-11-9-16-13-19(10-8-15(16)12-18(20)21)24(22,23)17-6-4-3-5-7-17/h3-7,14-16H,8-13H2,1-2H3/t15-,16-/m0/s1. The van der Waals surface area contributed by atoms with Crippen LogP contribution in [0.4, 0.5) is 0 Å². The molecule has 0 N–H and O–H groups in total. The summed E-state index contributed by atoms with van der Waals surface area (Å²) in [6.07, 6.45) is 2.21. The number of hydrogen-bond donors (Lipinski definition) is 0. The highest BCUT2D eigenvalue weighted by Gasteiger charge is 2.39. The molecular weight excluding hydrogens is 324 g/mol. The predicted octanol–water partition coefficient (Wildman–Crippen LogP) is 2.34. The molecule has 3 rings (SSSR count). The molecule has 2 heterocycles. The van der Waals surface area contributed by atoms with Crippen molar-refractivity contribution in [1.29, 1.82) is 0 Å². The second-order valence-electron chi connectivity index (χ2n) is 7.16. The van der Waals surface area contributed by atoms with E-state index >= 15 is 0 Å². The molecule has 2 aliphatic heterocycles. The minimum atomic E-state index is -3.43. The van der Waals surface area contributed by atoms with E-state index in [1.807, 2.05) is 24.8 Å². The summed E-state index contributed by atoms with van der Waals surface area (Å²) in [5, 5.41) is 0. The fourth-order valence-electron chi connectivity index (χ4n) is 3.92. The molecule has 6 heteroatoms. The van der Waals surface area contributed by atoms with Gasteiger partial charge in [0.15, 0.2) is 0 Å². The van der Waals surface area contributed by atoms with Crippen LogP contribution in [0.1, 0.15) is 33.1 Å². The predicted molar refractivity (Wildman–Crippen MR) is 92.9 cm³/mol. The van der Waals surface area contributed by atoms with Crippen LogP contribution in [0.5, 0.6) is 0 Å². The summed E-state index contributed by atoms with van der Waals surface area (Å²) in [5.41, 5.74) is 0. The molecule has 1 aromatic carbocycles. The average Bonchev–Trinajstić information content (AvgIpc) is 2.73. The Bertz CT molecular complexity index is 687. The fourth-order valence-corrected chi connectivity index (χ4v) is 5.45. The molecule has 5 nitrogen and oxygen atoms in total. The second-order valence-corrected chi connectivity index (χ2v) is 9.10. The first-order valence-corrected chi connectivity index (χ1v) is 10.2. The van der Waals surface area contributed by atoms with Crippen LogP contribution in [0.2, 0.25) is 0 Å². The molecule has 2 fully saturated rings. The van der Waals surface area contributed by atoms with Gasteiger partial charge in [0.05, 0.1) is 4.90 Å². The molecule has 2 saturated heterocycles. The van der Waals surface area contributed by atoms with Gasteiger partial charge in [0.2, 0.25) is 15.9 Å². The highest BCUT2D eigenvalue weighted by Crippen LogP contribution is 2.34. The summed E-state index contributed by atoms with van der Waals surface area (Å²) < 4.78 is 27.3. The zero-order valence-electron chi connectivity index (χ0n) is 14.4. The number of hydrogen-bond acceptors (Lipinski definition) is 3. The van der Waals surface area contributed by atoms with E-state index in [0.29, 0.717) is 30.3 Å². The first-order chi connectivity index (χ1) is 11.4. The lowest BCUT2D eigenvalue weighted by molar-refractivity contribution is -0.133. The van der Waals surface area contributed by atoms with Crippen molar-refractivity contribution in [3.63, 3.8) is 0 Å². The molecule has 0 aromatic heterocycles. The number of nitrogens with zero attached hydrogens (tertiary/aromatic N) is 2. The fraction of sp³-hybridized carbons (Fsp3) is 0.611. The van der Waals surface area contributed by atoms with Gasteiger partial charge in [-0.25, -0.2) is 8.42 Å². The van der Waals surface area contributed by atoms with Gasteiger partial charge in [-0.3, -0.25) is 4.79 Å². The van der Waals surface area contributed by atoms with E-state index in [4.69, 9.17) is 0 Å². The Morgan fingerprint density at radius 2 is 1.71 bits per heavy atom. The van der Waals surface area contributed by atoms with Crippen LogP contribution in [-0.4, -0.2) is 49.2 Å². The van der Waals surface area contributed by atoms with Gasteiger partial charge in [-0.2, -0.15) is 4.31 Å². The van der Waals surface area contributed by atoms with Crippen molar-refractivity contribution >= 4 is 15.9 Å². The molecule has 2 aliphatic rings. The van der Waals surface area contributed by atoms with E-state index in [0.717, 1.165) is 19.4 Å². The maximum absolute atomic E-state index is 12.8. The minimum Gasteiger partial charge on any atom is -0.340 e. The Morgan fingerprint density at radius 3 is 2.38 bits per heavy atom. The number of sulfonamides is 1. The molecule has 2 atom stereocenters. The molecular formula is C18H26N2O3S. The number of carbonyl (C=O) groups is 1. The Labute approximate surface area is 144 Å². The molecule has 0 unspecified atom stereocenters. The van der Waals surface area contributed by atoms with Crippen LogP contribution >= 0.6 is 0 Å². The van der Waals surface area contributed by atoms with Gasteiger partial charge >= 0.3 is 0 Å². The molecule has 0 radical (unpaired) electrons. The molecule has 0 spiro atoms. The zero-order chi connectivity index (χ0) is 17.3. The second kappa shape index (κ2) is 6.84. The van der Waals surface area contributed by atoms with Crippen molar-refractivity contribution < 1.29 is 13.2 Å². The van der Waals surface area contributed by atoms with Crippen molar-refractivity contribution in [3.05, 3.63) is 30.3 Å². The minimum absolute atomic E-state index is 0.210. The first kappa shape index (κ1) is 17.4. The van der Waals surface area contributed by atoms with Crippen LogP contribution in [0.25, 0.3) is 0 Å². The highest BCUT2D eigenvalue weighted by molar-refractivity contribution is 7.89. The van der Waals surface area contributed by atoms with E-state index < -0.39 is 10.0 Å². The third-order valence-electron chi connectivity index (χ3n) is 5.36. The van der Waals surface area contributed by atoms with Crippen LogP contribution in [-0.2, 0) is 14.8 Å². The normalized spacial score (nSPS) is 26.3. The lowest BCUT2D eigenvalue weighted by atomic mass is 9.83. The third kappa shape index (κ3) is 3.35. The number of fused-ring (bicyclic) bond motifs is 1. The van der Waals surface area contributed by atoms with Crippen molar-refractivity contribution in [1.82, 2.24) is 9.21 Å². The average molecular weight is 350 g/mol. The van der Waals surface area contributed by atoms with Gasteiger partial charge in [-0.15, -0.1) is 0 Å². The van der Waals surface area contributed by atoms with Gasteiger partial charge in [-0.1, -0.05) is 18.2 Å². The SMILES string of the molecule is CC(C)N1CC[C@H]2CN(S(=O)(=O)c3ccccc3)CC[C@H]2CC1=O. The zero-order valence-corrected chi connectivity index (χ0v) is 15.2. The molecule has 1 aromatic rings. The lowest BCUT2D eigenvalue weighted by Crippen LogP contribution is -2.43. The molecule has 132 valence electrons. The first-order valence-electron chi connectivity index (χ1n) is 8.74. The summed E-state index contributed by atoms with van der Waals surface area (Å²) in [4.78, 5) is 14.7. The Kier molecular flexibility index (Phi) is 4.97. The van der Waals surface area contributed by atoms with Gasteiger partial charge in [0.25, 0.3) is 0 Å². The van der Waals surface area contributed by atoms with Crippen molar-refractivity contribution in [2.75, 3.05) is 19.6 Å². The molecule has 0 bridgehead atoms.